The maximum absolute atomic E-state index is 12.9. The van der Waals surface area contributed by atoms with E-state index < -0.39 is 15.3 Å². The third kappa shape index (κ3) is 4.77. The van der Waals surface area contributed by atoms with Gasteiger partial charge in [-0.05, 0) is 42.4 Å². The second-order valence-corrected chi connectivity index (χ2v) is 10.7. The van der Waals surface area contributed by atoms with Gasteiger partial charge in [0.15, 0.2) is 0 Å². The van der Waals surface area contributed by atoms with Gasteiger partial charge in [0, 0.05) is 26.2 Å². The van der Waals surface area contributed by atoms with Crippen molar-refractivity contribution < 1.29 is 18.3 Å². The number of nitrogens with zero attached hydrogens (tertiary/aromatic N) is 3. The lowest BCUT2D eigenvalue weighted by Gasteiger charge is -2.42. The number of rotatable bonds is 6. The molecule has 30 heavy (non-hydrogen) atoms. The van der Waals surface area contributed by atoms with E-state index in [1.807, 2.05) is 26.0 Å². The first-order valence-electron chi connectivity index (χ1n) is 10.4. The van der Waals surface area contributed by atoms with Gasteiger partial charge in [-0.25, -0.2) is 17.5 Å². The Balaban J connectivity index is 1.50. The lowest BCUT2D eigenvalue weighted by Crippen LogP contribution is -2.63. The monoisotopic (exact) mass is 434 g/mol. The quantitative estimate of drug-likeness (QED) is 0.704. The molecule has 0 aromatic heterocycles. The fourth-order valence-corrected chi connectivity index (χ4v) is 5.83. The summed E-state index contributed by atoms with van der Waals surface area (Å²) in [5.41, 5.74) is 1.76. The minimum Gasteiger partial charge on any atom is -0.394 e. The molecule has 2 amide bonds. The highest BCUT2D eigenvalue weighted by Gasteiger charge is 2.44. The van der Waals surface area contributed by atoms with Crippen LogP contribution in [0, 0.1) is 17.2 Å². The van der Waals surface area contributed by atoms with Crippen molar-refractivity contribution in [1.82, 2.24) is 14.5 Å². The lowest BCUT2D eigenvalue weighted by atomic mass is 9.90. The zero-order valence-corrected chi connectivity index (χ0v) is 18.3. The minimum absolute atomic E-state index is 0.0946. The Hall–Kier alpha value is -2.15. The molecule has 1 aromatic rings. The van der Waals surface area contributed by atoms with E-state index in [9.17, 15) is 18.3 Å². The summed E-state index contributed by atoms with van der Waals surface area (Å²) >= 11 is 0. The number of likely N-dealkylation sites (tertiary alicyclic amines) is 1. The van der Waals surface area contributed by atoms with Crippen LogP contribution >= 0.6 is 0 Å². The molecule has 2 fully saturated rings. The molecule has 0 radical (unpaired) electrons. The number of amides is 2. The molecule has 1 aromatic carbocycles. The van der Waals surface area contributed by atoms with Crippen molar-refractivity contribution >= 4 is 16.1 Å². The van der Waals surface area contributed by atoms with E-state index in [2.05, 4.69) is 11.4 Å². The molecular weight excluding hydrogens is 404 g/mol. The number of nitrogens with one attached hydrogen (secondary N) is 1. The first-order chi connectivity index (χ1) is 14.3. The third-order valence-electron chi connectivity index (χ3n) is 6.19. The predicted molar refractivity (Wildman–Crippen MR) is 113 cm³/mol. The Labute approximate surface area is 178 Å². The van der Waals surface area contributed by atoms with Crippen molar-refractivity contribution in [2.45, 2.75) is 43.9 Å². The van der Waals surface area contributed by atoms with Crippen molar-refractivity contribution in [1.29, 1.82) is 5.26 Å². The summed E-state index contributed by atoms with van der Waals surface area (Å²) in [4.78, 5) is 13.8. The summed E-state index contributed by atoms with van der Waals surface area (Å²) in [5, 5.41) is 20.5. The molecule has 0 saturated carbocycles. The van der Waals surface area contributed by atoms with E-state index >= 15 is 0 Å². The number of aliphatic hydroxyl groups excluding tert-OH is 1. The third-order valence-corrected chi connectivity index (χ3v) is 8.42. The second-order valence-electron chi connectivity index (χ2n) is 8.46. The number of carbonyl (C=O) groups is 1. The van der Waals surface area contributed by atoms with Gasteiger partial charge in [0.1, 0.15) is 5.25 Å². The van der Waals surface area contributed by atoms with Crippen LogP contribution in [0.15, 0.2) is 24.3 Å². The summed E-state index contributed by atoms with van der Waals surface area (Å²) < 4.78 is 27.4. The number of piperidine rings is 1. The molecule has 0 spiro atoms. The van der Waals surface area contributed by atoms with Gasteiger partial charge >= 0.3 is 6.03 Å². The number of urea groups is 1. The standard InChI is InChI=1S/C21H30N4O4S/c1-15(2)20(14-26)23-21(27)24-12-19(13-24)30(28,29)25-9-7-18(8-10-25)17-5-3-16(11-22)4-6-17/h3-6,15,18-20,26H,7-10,12-14H2,1-2H3,(H,23,27)/t20-/m0/s1. The van der Waals surface area contributed by atoms with Crippen LogP contribution in [-0.4, -0.2) is 72.8 Å². The summed E-state index contributed by atoms with van der Waals surface area (Å²) in [6.07, 6.45) is 1.49. The van der Waals surface area contributed by atoms with Gasteiger partial charge < -0.3 is 15.3 Å². The van der Waals surface area contributed by atoms with Gasteiger partial charge in [0.2, 0.25) is 10.0 Å². The van der Waals surface area contributed by atoms with Gasteiger partial charge in [-0.2, -0.15) is 5.26 Å². The maximum atomic E-state index is 12.9. The smallest absolute Gasteiger partial charge is 0.317 e. The topological polar surface area (TPSA) is 114 Å². The van der Waals surface area contributed by atoms with Crippen LogP contribution < -0.4 is 5.32 Å². The number of hydrogen-bond donors (Lipinski definition) is 2. The largest absolute Gasteiger partial charge is 0.394 e. The minimum atomic E-state index is -3.44. The van der Waals surface area contributed by atoms with Crippen LogP contribution in [0.4, 0.5) is 4.79 Å². The summed E-state index contributed by atoms with van der Waals surface area (Å²) in [5.74, 6) is 0.386. The number of hydrogen-bond acceptors (Lipinski definition) is 5. The molecule has 2 aliphatic rings. The number of carbonyl (C=O) groups excluding carboxylic acids is 1. The van der Waals surface area contributed by atoms with E-state index in [4.69, 9.17) is 5.26 Å². The molecule has 2 heterocycles. The molecule has 2 saturated heterocycles. The van der Waals surface area contributed by atoms with Gasteiger partial charge in [-0.15, -0.1) is 0 Å². The van der Waals surface area contributed by atoms with Crippen LogP contribution in [0.5, 0.6) is 0 Å². The van der Waals surface area contributed by atoms with E-state index in [-0.39, 0.29) is 37.7 Å². The Morgan fingerprint density at radius 1 is 1.23 bits per heavy atom. The Bertz CT molecular complexity index is 881. The molecule has 0 unspecified atom stereocenters. The Morgan fingerprint density at radius 3 is 2.33 bits per heavy atom. The van der Waals surface area contributed by atoms with Gasteiger partial charge in [-0.3, -0.25) is 0 Å². The molecular formula is C21H30N4O4S. The van der Waals surface area contributed by atoms with E-state index in [0.717, 1.165) is 18.4 Å². The van der Waals surface area contributed by atoms with Crippen molar-refractivity contribution in [3.63, 3.8) is 0 Å². The highest BCUT2D eigenvalue weighted by atomic mass is 32.2. The highest BCUT2D eigenvalue weighted by molar-refractivity contribution is 7.89. The molecule has 9 heteroatoms. The fraction of sp³-hybridized carbons (Fsp3) is 0.619. The number of sulfonamides is 1. The highest BCUT2D eigenvalue weighted by Crippen LogP contribution is 2.31. The average Bonchev–Trinajstić information content (AvgIpc) is 2.70. The zero-order chi connectivity index (χ0) is 21.9. The van der Waals surface area contributed by atoms with Crippen molar-refractivity contribution in [3.8, 4) is 6.07 Å². The Kier molecular flexibility index (Phi) is 7.01. The van der Waals surface area contributed by atoms with E-state index in [1.165, 1.54) is 4.90 Å². The number of nitriles is 1. The number of aliphatic hydroxyl groups is 1. The molecule has 8 nitrogen and oxygen atoms in total. The maximum Gasteiger partial charge on any atom is 0.317 e. The normalized spacial score (nSPS) is 19.9. The molecule has 0 aliphatic carbocycles. The van der Waals surface area contributed by atoms with Crippen LogP contribution in [0.25, 0.3) is 0 Å². The molecule has 2 N–H and O–H groups in total. The summed E-state index contributed by atoms with van der Waals surface area (Å²) in [6, 6.07) is 8.94. The van der Waals surface area contributed by atoms with Crippen LogP contribution in [-0.2, 0) is 10.0 Å². The average molecular weight is 435 g/mol. The second kappa shape index (κ2) is 9.33. The van der Waals surface area contributed by atoms with Crippen molar-refractivity contribution in [2.24, 2.45) is 5.92 Å². The van der Waals surface area contributed by atoms with Gasteiger partial charge in [0.25, 0.3) is 0 Å². The predicted octanol–water partition coefficient (Wildman–Crippen LogP) is 1.48. The molecule has 1 atom stereocenters. The zero-order valence-electron chi connectivity index (χ0n) is 17.5. The summed E-state index contributed by atoms with van der Waals surface area (Å²) in [7, 11) is -3.44. The van der Waals surface area contributed by atoms with Gasteiger partial charge in [-0.1, -0.05) is 26.0 Å². The Morgan fingerprint density at radius 2 is 1.83 bits per heavy atom. The van der Waals surface area contributed by atoms with Crippen LogP contribution in [0.1, 0.15) is 43.7 Å². The van der Waals surface area contributed by atoms with Crippen molar-refractivity contribution in [3.05, 3.63) is 35.4 Å². The SMILES string of the molecule is CC(C)[C@H](CO)NC(=O)N1CC(S(=O)(=O)N2CCC(c3ccc(C#N)cc3)CC2)C1. The van der Waals surface area contributed by atoms with E-state index in [1.54, 1.807) is 16.4 Å². The summed E-state index contributed by atoms with van der Waals surface area (Å²) in [6.45, 7) is 4.97. The van der Waals surface area contributed by atoms with Crippen LogP contribution in [0.3, 0.4) is 0 Å². The van der Waals surface area contributed by atoms with Gasteiger partial charge in [0.05, 0.1) is 24.3 Å². The molecule has 3 rings (SSSR count). The fourth-order valence-electron chi connectivity index (χ4n) is 3.95. The molecule has 0 bridgehead atoms. The first-order valence-corrected chi connectivity index (χ1v) is 11.9. The lowest BCUT2D eigenvalue weighted by molar-refractivity contribution is 0.148. The number of benzene rings is 1. The van der Waals surface area contributed by atoms with E-state index in [0.29, 0.717) is 24.6 Å². The first kappa shape index (κ1) is 22.5. The van der Waals surface area contributed by atoms with Crippen LogP contribution in [0.2, 0.25) is 0 Å². The molecule has 2 aliphatic heterocycles. The van der Waals surface area contributed by atoms with Crippen molar-refractivity contribution in [2.75, 3.05) is 32.8 Å². The molecule has 164 valence electrons.